The van der Waals surface area contributed by atoms with E-state index in [4.69, 9.17) is 11.6 Å². The fourth-order valence-corrected chi connectivity index (χ4v) is 2.59. The number of piperazine rings is 1. The first-order valence-corrected chi connectivity index (χ1v) is 6.36. The Morgan fingerprint density at radius 3 is 2.94 bits per heavy atom. The summed E-state index contributed by atoms with van der Waals surface area (Å²) in [6.07, 6.45) is 0. The van der Waals surface area contributed by atoms with Gasteiger partial charge in [0.2, 0.25) is 0 Å². The Labute approximate surface area is 107 Å². The second-order valence-corrected chi connectivity index (χ2v) is 5.14. The minimum Gasteiger partial charge on any atom is -0.395 e. The van der Waals surface area contributed by atoms with Crippen molar-refractivity contribution in [2.24, 2.45) is 0 Å². The maximum absolute atomic E-state index is 9.28. The van der Waals surface area contributed by atoms with Crippen LogP contribution in [-0.4, -0.2) is 36.9 Å². The molecular formula is C13H19ClN2O. The van der Waals surface area contributed by atoms with E-state index >= 15 is 0 Å². The van der Waals surface area contributed by atoms with E-state index in [1.807, 2.05) is 19.1 Å². The Kier molecular flexibility index (Phi) is 3.92. The maximum atomic E-state index is 9.28. The molecule has 1 aromatic rings. The highest BCUT2D eigenvalue weighted by molar-refractivity contribution is 6.31. The first-order valence-electron chi connectivity index (χ1n) is 5.98. The van der Waals surface area contributed by atoms with Gasteiger partial charge in [-0.25, -0.2) is 0 Å². The van der Waals surface area contributed by atoms with Crippen molar-refractivity contribution in [3.05, 3.63) is 28.8 Å². The summed E-state index contributed by atoms with van der Waals surface area (Å²) in [5, 5.41) is 13.5. The zero-order valence-electron chi connectivity index (χ0n) is 10.3. The summed E-state index contributed by atoms with van der Waals surface area (Å²) < 4.78 is 0. The largest absolute Gasteiger partial charge is 0.395 e. The highest BCUT2D eigenvalue weighted by Crippen LogP contribution is 2.27. The standard InChI is InChI=1S/C13H19ClN2O/c1-9-6-16(7-11(8-17)15-9)13-5-3-4-12(14)10(13)2/h3-5,9,11,15,17H,6-8H2,1-2H3. The lowest BCUT2D eigenvalue weighted by atomic mass is 10.1. The van der Waals surface area contributed by atoms with Crippen molar-refractivity contribution in [3.8, 4) is 0 Å². The highest BCUT2D eigenvalue weighted by Gasteiger charge is 2.24. The molecule has 94 valence electrons. The zero-order chi connectivity index (χ0) is 12.4. The van der Waals surface area contributed by atoms with Crippen LogP contribution in [0, 0.1) is 6.92 Å². The topological polar surface area (TPSA) is 35.5 Å². The van der Waals surface area contributed by atoms with Gasteiger partial charge in [-0.15, -0.1) is 0 Å². The lowest BCUT2D eigenvalue weighted by Gasteiger charge is -2.39. The van der Waals surface area contributed by atoms with E-state index in [-0.39, 0.29) is 12.6 Å². The molecular weight excluding hydrogens is 236 g/mol. The average molecular weight is 255 g/mol. The first-order chi connectivity index (χ1) is 8.11. The van der Waals surface area contributed by atoms with Crippen LogP contribution in [0.25, 0.3) is 0 Å². The molecule has 1 aliphatic heterocycles. The van der Waals surface area contributed by atoms with Crippen LogP contribution in [0.15, 0.2) is 18.2 Å². The van der Waals surface area contributed by atoms with Crippen LogP contribution in [0.1, 0.15) is 12.5 Å². The monoisotopic (exact) mass is 254 g/mol. The van der Waals surface area contributed by atoms with Crippen LogP contribution in [0.5, 0.6) is 0 Å². The summed E-state index contributed by atoms with van der Waals surface area (Å²) in [7, 11) is 0. The number of rotatable bonds is 2. The molecule has 0 amide bonds. The molecule has 2 N–H and O–H groups in total. The molecule has 4 heteroatoms. The second kappa shape index (κ2) is 5.25. The second-order valence-electron chi connectivity index (χ2n) is 4.74. The van der Waals surface area contributed by atoms with Crippen LogP contribution < -0.4 is 10.2 Å². The summed E-state index contributed by atoms with van der Waals surface area (Å²) in [5.74, 6) is 0. The summed E-state index contributed by atoms with van der Waals surface area (Å²) in [4.78, 5) is 2.29. The van der Waals surface area contributed by atoms with Crippen LogP contribution in [0.3, 0.4) is 0 Å². The lowest BCUT2D eigenvalue weighted by molar-refractivity contribution is 0.221. The van der Waals surface area contributed by atoms with Crippen molar-refractivity contribution in [1.82, 2.24) is 5.32 Å². The molecule has 1 aromatic carbocycles. The van der Waals surface area contributed by atoms with Gasteiger partial charge in [-0.3, -0.25) is 0 Å². The smallest absolute Gasteiger partial charge is 0.0602 e. The molecule has 0 saturated carbocycles. The number of anilines is 1. The number of benzene rings is 1. The van der Waals surface area contributed by atoms with E-state index in [1.54, 1.807) is 0 Å². The van der Waals surface area contributed by atoms with E-state index in [0.29, 0.717) is 6.04 Å². The van der Waals surface area contributed by atoms with Crippen LogP contribution in [-0.2, 0) is 0 Å². The minimum atomic E-state index is 0.136. The van der Waals surface area contributed by atoms with Gasteiger partial charge < -0.3 is 15.3 Å². The van der Waals surface area contributed by atoms with Gasteiger partial charge in [-0.1, -0.05) is 17.7 Å². The number of hydrogen-bond acceptors (Lipinski definition) is 3. The quantitative estimate of drug-likeness (QED) is 0.845. The van der Waals surface area contributed by atoms with E-state index in [9.17, 15) is 5.11 Å². The van der Waals surface area contributed by atoms with E-state index in [0.717, 1.165) is 23.7 Å². The van der Waals surface area contributed by atoms with Crippen molar-refractivity contribution >= 4 is 17.3 Å². The Bertz CT molecular complexity index is 397. The minimum absolute atomic E-state index is 0.136. The van der Waals surface area contributed by atoms with Crippen molar-refractivity contribution < 1.29 is 5.11 Å². The van der Waals surface area contributed by atoms with E-state index in [1.165, 1.54) is 5.69 Å². The number of halogens is 1. The fraction of sp³-hybridized carbons (Fsp3) is 0.538. The molecule has 0 aromatic heterocycles. The van der Waals surface area contributed by atoms with Gasteiger partial charge in [-0.05, 0) is 31.5 Å². The molecule has 17 heavy (non-hydrogen) atoms. The summed E-state index contributed by atoms with van der Waals surface area (Å²) in [6, 6.07) is 6.49. The summed E-state index contributed by atoms with van der Waals surface area (Å²) in [6.45, 7) is 6.10. The molecule has 1 fully saturated rings. The lowest BCUT2D eigenvalue weighted by Crippen LogP contribution is -2.57. The van der Waals surface area contributed by atoms with Gasteiger partial charge in [0.15, 0.2) is 0 Å². The van der Waals surface area contributed by atoms with Gasteiger partial charge >= 0.3 is 0 Å². The normalized spacial score (nSPS) is 25.1. The number of aliphatic hydroxyl groups excluding tert-OH is 1. The van der Waals surface area contributed by atoms with E-state index < -0.39 is 0 Å². The van der Waals surface area contributed by atoms with Crippen LogP contribution in [0.2, 0.25) is 5.02 Å². The SMILES string of the molecule is Cc1c(Cl)cccc1N1CC(C)NC(CO)C1. The van der Waals surface area contributed by atoms with Gasteiger partial charge in [-0.2, -0.15) is 0 Å². The number of nitrogens with one attached hydrogen (secondary N) is 1. The molecule has 0 aliphatic carbocycles. The highest BCUT2D eigenvalue weighted by atomic mass is 35.5. The molecule has 3 nitrogen and oxygen atoms in total. The molecule has 2 rings (SSSR count). The van der Waals surface area contributed by atoms with Crippen LogP contribution in [0.4, 0.5) is 5.69 Å². The maximum Gasteiger partial charge on any atom is 0.0602 e. The molecule has 1 heterocycles. The van der Waals surface area contributed by atoms with E-state index in [2.05, 4.69) is 23.2 Å². The predicted molar refractivity (Wildman–Crippen MR) is 71.9 cm³/mol. The van der Waals surface area contributed by atoms with Gasteiger partial charge in [0.05, 0.1) is 6.61 Å². The first kappa shape index (κ1) is 12.7. The van der Waals surface area contributed by atoms with Crippen molar-refractivity contribution in [2.75, 3.05) is 24.6 Å². The van der Waals surface area contributed by atoms with Crippen molar-refractivity contribution in [3.63, 3.8) is 0 Å². The Morgan fingerprint density at radius 1 is 1.47 bits per heavy atom. The van der Waals surface area contributed by atoms with Gasteiger partial charge in [0, 0.05) is 35.9 Å². The predicted octanol–water partition coefficient (Wildman–Crippen LogP) is 1.81. The van der Waals surface area contributed by atoms with Gasteiger partial charge in [0.1, 0.15) is 0 Å². The van der Waals surface area contributed by atoms with Crippen molar-refractivity contribution in [2.45, 2.75) is 25.9 Å². The fourth-order valence-electron chi connectivity index (χ4n) is 2.42. The molecule has 0 radical (unpaired) electrons. The average Bonchev–Trinajstić information content (AvgIpc) is 2.31. The zero-order valence-corrected chi connectivity index (χ0v) is 11.0. The van der Waals surface area contributed by atoms with Gasteiger partial charge in [0.25, 0.3) is 0 Å². The number of aliphatic hydroxyl groups is 1. The molecule has 1 saturated heterocycles. The molecule has 2 unspecified atom stereocenters. The molecule has 1 aliphatic rings. The third kappa shape index (κ3) is 2.73. The van der Waals surface area contributed by atoms with Crippen molar-refractivity contribution in [1.29, 1.82) is 0 Å². The molecule has 0 bridgehead atoms. The number of hydrogen-bond donors (Lipinski definition) is 2. The Balaban J connectivity index is 2.23. The summed E-state index contributed by atoms with van der Waals surface area (Å²) in [5.41, 5.74) is 2.28. The Morgan fingerprint density at radius 2 is 2.24 bits per heavy atom. The number of nitrogens with zero attached hydrogens (tertiary/aromatic N) is 1. The molecule has 2 atom stereocenters. The summed E-state index contributed by atoms with van der Waals surface area (Å²) >= 11 is 6.15. The molecule has 0 spiro atoms. The third-order valence-electron chi connectivity index (χ3n) is 3.26. The third-order valence-corrected chi connectivity index (χ3v) is 3.66. The van der Waals surface area contributed by atoms with Crippen LogP contribution >= 0.6 is 11.6 Å². The Hall–Kier alpha value is -0.770.